The normalized spacial score (nSPS) is 19.5. The first-order chi connectivity index (χ1) is 9.08. The third-order valence-electron chi connectivity index (χ3n) is 4.12. The van der Waals surface area contributed by atoms with Crippen LogP contribution < -0.4 is 0 Å². The molecular formula is C15H26O4. The first-order valence-electron chi connectivity index (χ1n) is 7.24. The standard InChI is InChI=1S/C15H26O4/c1-11(14(16)18-2)9-13(15(17)19-3)10-12-7-5-4-6-8-12/h11-13H,4-10H2,1-3H3/t11-,13-/m0/s1. The second-order valence-corrected chi connectivity index (χ2v) is 5.62. The molecule has 0 amide bonds. The number of hydrogen-bond acceptors (Lipinski definition) is 4. The monoisotopic (exact) mass is 270 g/mol. The second-order valence-electron chi connectivity index (χ2n) is 5.62. The van der Waals surface area contributed by atoms with Gasteiger partial charge < -0.3 is 9.47 Å². The van der Waals surface area contributed by atoms with Crippen LogP contribution in [-0.4, -0.2) is 26.2 Å². The molecule has 0 aromatic rings. The summed E-state index contributed by atoms with van der Waals surface area (Å²) >= 11 is 0. The molecule has 1 saturated carbocycles. The quantitative estimate of drug-likeness (QED) is 0.696. The number of rotatable bonds is 6. The zero-order valence-corrected chi connectivity index (χ0v) is 12.3. The summed E-state index contributed by atoms with van der Waals surface area (Å²) in [6.45, 7) is 1.81. The Morgan fingerprint density at radius 1 is 1.05 bits per heavy atom. The molecule has 4 heteroatoms. The van der Waals surface area contributed by atoms with Gasteiger partial charge in [-0.3, -0.25) is 9.59 Å². The Bertz CT molecular complexity index is 295. The largest absolute Gasteiger partial charge is 0.469 e. The van der Waals surface area contributed by atoms with E-state index in [9.17, 15) is 9.59 Å². The zero-order valence-electron chi connectivity index (χ0n) is 12.3. The summed E-state index contributed by atoms with van der Waals surface area (Å²) in [5, 5.41) is 0. The lowest BCUT2D eigenvalue weighted by atomic mass is 9.80. The lowest BCUT2D eigenvalue weighted by Gasteiger charge is -2.26. The van der Waals surface area contributed by atoms with Crippen molar-refractivity contribution >= 4 is 11.9 Å². The highest BCUT2D eigenvalue weighted by molar-refractivity contribution is 5.75. The van der Waals surface area contributed by atoms with E-state index >= 15 is 0 Å². The zero-order chi connectivity index (χ0) is 14.3. The maximum atomic E-state index is 11.9. The molecule has 0 heterocycles. The summed E-state index contributed by atoms with van der Waals surface area (Å²) in [6.07, 6.45) is 7.57. The number of carbonyl (C=O) groups excluding carboxylic acids is 2. The van der Waals surface area contributed by atoms with Gasteiger partial charge in [0, 0.05) is 0 Å². The maximum Gasteiger partial charge on any atom is 0.308 e. The molecule has 110 valence electrons. The van der Waals surface area contributed by atoms with Gasteiger partial charge in [0.25, 0.3) is 0 Å². The van der Waals surface area contributed by atoms with Crippen LogP contribution in [0, 0.1) is 17.8 Å². The predicted octanol–water partition coefficient (Wildman–Crippen LogP) is 2.95. The molecule has 0 radical (unpaired) electrons. The molecule has 2 atom stereocenters. The van der Waals surface area contributed by atoms with Gasteiger partial charge in [-0.25, -0.2) is 0 Å². The number of hydrogen-bond donors (Lipinski definition) is 0. The molecule has 0 aromatic carbocycles. The van der Waals surface area contributed by atoms with Gasteiger partial charge in [-0.1, -0.05) is 39.0 Å². The first kappa shape index (κ1) is 16.0. The Balaban J connectivity index is 2.55. The second kappa shape index (κ2) is 8.18. The summed E-state index contributed by atoms with van der Waals surface area (Å²) in [6, 6.07) is 0. The number of methoxy groups -OCH3 is 2. The van der Waals surface area contributed by atoms with Gasteiger partial charge in [-0.15, -0.1) is 0 Å². The van der Waals surface area contributed by atoms with Crippen LogP contribution in [0.3, 0.4) is 0 Å². The van der Waals surface area contributed by atoms with Crippen molar-refractivity contribution in [2.75, 3.05) is 14.2 Å². The van der Waals surface area contributed by atoms with Crippen LogP contribution in [0.15, 0.2) is 0 Å². The Kier molecular flexibility index (Phi) is 6.89. The molecule has 0 unspecified atom stereocenters. The molecule has 1 aliphatic carbocycles. The van der Waals surface area contributed by atoms with Crippen molar-refractivity contribution in [3.05, 3.63) is 0 Å². The van der Waals surface area contributed by atoms with Crippen LogP contribution in [0.2, 0.25) is 0 Å². The fourth-order valence-electron chi connectivity index (χ4n) is 3.00. The van der Waals surface area contributed by atoms with E-state index in [-0.39, 0.29) is 23.8 Å². The van der Waals surface area contributed by atoms with Gasteiger partial charge in [0.2, 0.25) is 0 Å². The molecule has 0 bridgehead atoms. The van der Waals surface area contributed by atoms with Crippen molar-refractivity contribution in [2.24, 2.45) is 17.8 Å². The fraction of sp³-hybridized carbons (Fsp3) is 0.867. The van der Waals surface area contributed by atoms with Gasteiger partial charge in [0.15, 0.2) is 0 Å². The van der Waals surface area contributed by atoms with E-state index < -0.39 is 0 Å². The summed E-state index contributed by atoms with van der Waals surface area (Å²) in [7, 11) is 2.80. The van der Waals surface area contributed by atoms with Crippen LogP contribution in [-0.2, 0) is 19.1 Å². The SMILES string of the molecule is COC(=O)[C@H](CC1CCCCC1)C[C@H](C)C(=O)OC. The van der Waals surface area contributed by atoms with E-state index in [1.807, 2.05) is 6.92 Å². The first-order valence-corrected chi connectivity index (χ1v) is 7.24. The van der Waals surface area contributed by atoms with E-state index in [1.54, 1.807) is 0 Å². The Labute approximate surface area is 115 Å². The van der Waals surface area contributed by atoms with Crippen molar-refractivity contribution < 1.29 is 19.1 Å². The Morgan fingerprint density at radius 3 is 2.16 bits per heavy atom. The molecule has 0 N–H and O–H groups in total. The maximum absolute atomic E-state index is 11.9. The molecule has 19 heavy (non-hydrogen) atoms. The van der Waals surface area contributed by atoms with E-state index in [2.05, 4.69) is 0 Å². The highest BCUT2D eigenvalue weighted by Crippen LogP contribution is 2.31. The third-order valence-corrected chi connectivity index (χ3v) is 4.12. The van der Waals surface area contributed by atoms with Crippen LogP contribution in [0.5, 0.6) is 0 Å². The minimum atomic E-state index is -0.252. The number of ether oxygens (including phenoxy) is 2. The van der Waals surface area contributed by atoms with Crippen LogP contribution in [0.1, 0.15) is 51.9 Å². The van der Waals surface area contributed by atoms with Gasteiger partial charge >= 0.3 is 11.9 Å². The number of esters is 2. The smallest absolute Gasteiger partial charge is 0.308 e. The highest BCUT2D eigenvalue weighted by atomic mass is 16.5. The van der Waals surface area contributed by atoms with Crippen LogP contribution >= 0.6 is 0 Å². The van der Waals surface area contributed by atoms with Gasteiger partial charge in [0.05, 0.1) is 26.1 Å². The minimum Gasteiger partial charge on any atom is -0.469 e. The average molecular weight is 270 g/mol. The van der Waals surface area contributed by atoms with Crippen molar-refractivity contribution in [2.45, 2.75) is 51.9 Å². The summed E-state index contributed by atoms with van der Waals surface area (Å²) in [5.41, 5.74) is 0. The molecule has 0 saturated heterocycles. The summed E-state index contributed by atoms with van der Waals surface area (Å²) in [5.74, 6) is -0.276. The van der Waals surface area contributed by atoms with Crippen LogP contribution in [0.4, 0.5) is 0 Å². The van der Waals surface area contributed by atoms with E-state index in [4.69, 9.17) is 9.47 Å². The molecule has 4 nitrogen and oxygen atoms in total. The summed E-state index contributed by atoms with van der Waals surface area (Å²) in [4.78, 5) is 23.3. The molecule has 1 rings (SSSR count). The van der Waals surface area contributed by atoms with E-state index in [1.165, 1.54) is 46.3 Å². The Hall–Kier alpha value is -1.06. The molecule has 1 aliphatic rings. The van der Waals surface area contributed by atoms with Crippen molar-refractivity contribution in [3.8, 4) is 0 Å². The van der Waals surface area contributed by atoms with Gasteiger partial charge in [-0.05, 0) is 18.8 Å². The van der Waals surface area contributed by atoms with Crippen molar-refractivity contribution in [1.82, 2.24) is 0 Å². The topological polar surface area (TPSA) is 52.6 Å². The van der Waals surface area contributed by atoms with E-state index in [0.29, 0.717) is 12.3 Å². The molecular weight excluding hydrogens is 244 g/mol. The molecule has 0 aromatic heterocycles. The van der Waals surface area contributed by atoms with Gasteiger partial charge in [-0.2, -0.15) is 0 Å². The minimum absolute atomic E-state index is 0.179. The average Bonchev–Trinajstić information content (AvgIpc) is 2.45. The lowest BCUT2D eigenvalue weighted by Crippen LogP contribution is -2.26. The highest BCUT2D eigenvalue weighted by Gasteiger charge is 2.28. The molecule has 0 spiro atoms. The third kappa shape index (κ3) is 5.21. The fourth-order valence-corrected chi connectivity index (χ4v) is 3.00. The van der Waals surface area contributed by atoms with E-state index in [0.717, 1.165) is 6.42 Å². The molecule has 0 aliphatic heterocycles. The predicted molar refractivity (Wildman–Crippen MR) is 72.5 cm³/mol. The number of carbonyl (C=O) groups is 2. The van der Waals surface area contributed by atoms with Crippen molar-refractivity contribution in [1.29, 1.82) is 0 Å². The van der Waals surface area contributed by atoms with Crippen molar-refractivity contribution in [3.63, 3.8) is 0 Å². The summed E-state index contributed by atoms with van der Waals surface area (Å²) < 4.78 is 9.60. The molecule has 1 fully saturated rings. The lowest BCUT2D eigenvalue weighted by molar-refractivity contribution is -0.149. The van der Waals surface area contributed by atoms with Crippen LogP contribution in [0.25, 0.3) is 0 Å². The van der Waals surface area contributed by atoms with Gasteiger partial charge in [0.1, 0.15) is 0 Å². The Morgan fingerprint density at radius 2 is 1.63 bits per heavy atom.